The molecule has 0 bridgehead atoms. The Balaban J connectivity index is 2.53. The Bertz CT molecular complexity index is 2220. The van der Waals surface area contributed by atoms with E-state index in [4.69, 9.17) is 39.9 Å². The highest BCUT2D eigenvalue weighted by molar-refractivity contribution is 7.88. The average Bonchev–Trinajstić information content (AvgIpc) is 0.732. The molecule has 0 aromatic heterocycles. The molecule has 2 aromatic rings. The van der Waals surface area contributed by atoms with Crippen LogP contribution in [0.2, 0.25) is 10.0 Å². The maximum Gasteiger partial charge on any atom is 0.297 e. The highest BCUT2D eigenvalue weighted by Crippen LogP contribution is 2.46. The molecule has 0 saturated heterocycles. The Morgan fingerprint density at radius 1 is 0.222 bits per heavy atom. The topological polar surface area (TPSA) is 173 Å². The number of rotatable bonds is 65. The zero-order valence-electron chi connectivity index (χ0n) is 57.2. The van der Waals surface area contributed by atoms with E-state index in [9.17, 15) is 33.7 Å². The van der Waals surface area contributed by atoms with Gasteiger partial charge in [0.25, 0.3) is 40.5 Å². The van der Waals surface area contributed by atoms with Crippen molar-refractivity contribution in [2.24, 2.45) is 0 Å². The lowest BCUT2D eigenvalue weighted by Crippen LogP contribution is -2.18. The van der Waals surface area contributed by atoms with Crippen molar-refractivity contribution in [1.29, 1.82) is 0 Å². The van der Waals surface area contributed by atoms with Crippen molar-refractivity contribution >= 4 is 63.7 Å². The number of benzene rings is 2. The standard InChI is InChI=1S/C72H128Cl2O12S4/c1-5-9-13-17-21-25-29-33-37-41-45-49-53-57-83-87(75,76)67-61-65(73)62-68(88(77,78)84-58-54-50-46-42-38-34-30-26-22-18-14-10-6-2)71(67)72-69(89(79,80)85-59-55-51-47-43-39-35-31-27-23-19-15-11-7-3)63-66(74)64-70(72)90(81,82)86-60-56-52-48-44-40-36-32-28-24-20-16-12-8-4/h61-64H,5-60H2,1-4H3. The van der Waals surface area contributed by atoms with Gasteiger partial charge in [0.2, 0.25) is 0 Å². The minimum absolute atomic E-state index is 0.287. The predicted molar refractivity (Wildman–Crippen MR) is 377 cm³/mol. The van der Waals surface area contributed by atoms with Crippen molar-refractivity contribution < 1.29 is 50.4 Å². The minimum atomic E-state index is -5.04. The predicted octanol–water partition coefficient (Wildman–Crippen LogP) is 23.8. The van der Waals surface area contributed by atoms with Crippen LogP contribution in [-0.2, 0) is 57.2 Å². The molecule has 2 rings (SSSR count). The molecule has 0 aliphatic heterocycles. The van der Waals surface area contributed by atoms with Gasteiger partial charge in [0.05, 0.1) is 26.4 Å². The van der Waals surface area contributed by atoms with Crippen LogP contribution < -0.4 is 0 Å². The highest BCUT2D eigenvalue weighted by atomic mass is 35.5. The Morgan fingerprint density at radius 3 is 0.478 bits per heavy atom. The van der Waals surface area contributed by atoms with Crippen LogP contribution in [0.25, 0.3) is 11.1 Å². The van der Waals surface area contributed by atoms with E-state index >= 15 is 0 Å². The van der Waals surface area contributed by atoms with E-state index in [1.54, 1.807) is 0 Å². The van der Waals surface area contributed by atoms with E-state index in [0.29, 0.717) is 51.4 Å². The fraction of sp³-hybridized carbons (Fsp3) is 0.833. The molecule has 0 N–H and O–H groups in total. The zero-order valence-corrected chi connectivity index (χ0v) is 62.0. The van der Waals surface area contributed by atoms with Crippen LogP contribution in [-0.4, -0.2) is 60.1 Å². The molecule has 0 heterocycles. The molecule has 526 valence electrons. The van der Waals surface area contributed by atoms with Gasteiger partial charge >= 0.3 is 0 Å². The lowest BCUT2D eigenvalue weighted by molar-refractivity contribution is 0.302. The summed E-state index contributed by atoms with van der Waals surface area (Å²) in [4.78, 5) is -3.46. The van der Waals surface area contributed by atoms with E-state index < -0.39 is 71.2 Å². The molecule has 0 unspecified atom stereocenters. The third-order valence-corrected chi connectivity index (χ3v) is 23.1. The molecule has 2 aromatic carbocycles. The van der Waals surface area contributed by atoms with Gasteiger partial charge in [-0.25, -0.2) is 0 Å². The van der Waals surface area contributed by atoms with E-state index in [1.807, 2.05) is 0 Å². The molecular weight excluding hydrogens is 1260 g/mol. The van der Waals surface area contributed by atoms with Crippen LogP contribution in [0.3, 0.4) is 0 Å². The number of unbranched alkanes of at least 4 members (excludes halogenated alkanes) is 48. The lowest BCUT2D eigenvalue weighted by atomic mass is 10.0. The second kappa shape index (κ2) is 53.8. The summed E-state index contributed by atoms with van der Waals surface area (Å²) in [7, 11) is -20.2. The summed E-state index contributed by atoms with van der Waals surface area (Å²) < 4.78 is 141. The summed E-state index contributed by atoms with van der Waals surface area (Å²) in [6.07, 6.45) is 55.2. The molecule has 0 aliphatic rings. The molecule has 12 nitrogen and oxygen atoms in total. The van der Waals surface area contributed by atoms with Gasteiger partial charge in [-0.3, -0.25) is 16.7 Å². The van der Waals surface area contributed by atoms with Gasteiger partial charge in [-0.2, -0.15) is 33.7 Å². The first-order valence-electron chi connectivity index (χ1n) is 36.7. The van der Waals surface area contributed by atoms with E-state index in [-0.39, 0.29) is 36.5 Å². The van der Waals surface area contributed by atoms with Crippen LogP contribution in [0, 0.1) is 0 Å². The molecule has 0 saturated carbocycles. The molecule has 90 heavy (non-hydrogen) atoms. The molecule has 18 heteroatoms. The van der Waals surface area contributed by atoms with Crippen LogP contribution >= 0.6 is 23.2 Å². The summed E-state index contributed by atoms with van der Waals surface area (Å²) in [6, 6.07) is 3.80. The largest absolute Gasteiger partial charge is 0.297 e. The number of hydrogen-bond acceptors (Lipinski definition) is 12. The lowest BCUT2D eigenvalue weighted by Gasteiger charge is -2.21. The van der Waals surface area contributed by atoms with Gasteiger partial charge in [0, 0.05) is 21.2 Å². The van der Waals surface area contributed by atoms with Gasteiger partial charge in [0.15, 0.2) is 0 Å². The van der Waals surface area contributed by atoms with Gasteiger partial charge in [-0.1, -0.05) is 359 Å². The van der Waals surface area contributed by atoms with Crippen molar-refractivity contribution in [3.8, 4) is 11.1 Å². The Labute approximate surface area is 563 Å². The summed E-state index contributed by atoms with van der Waals surface area (Å²) >= 11 is 13.4. The van der Waals surface area contributed by atoms with Gasteiger partial charge in [0.1, 0.15) is 19.6 Å². The molecule has 0 spiro atoms. The SMILES string of the molecule is CCCCCCCCCCCCCCCOS(=O)(=O)c1cc(Cl)cc(S(=O)(=O)OCCCCCCCCCCCCCCC)c1-c1c(S(=O)(=O)OCCCCCCCCCCCCCCC)cc(Cl)cc1S(=O)(=O)OCCCCCCCCCCCCCCC. The first kappa shape index (κ1) is 84.7. The Kier molecular flexibility index (Phi) is 50.6. The Morgan fingerprint density at radius 2 is 0.344 bits per heavy atom. The zero-order chi connectivity index (χ0) is 65.9. The maximum atomic E-state index is 14.8. The highest BCUT2D eigenvalue weighted by Gasteiger charge is 2.38. The number of hydrogen-bond donors (Lipinski definition) is 0. The first-order valence-corrected chi connectivity index (χ1v) is 43.1. The number of halogens is 2. The molecular formula is C72H128Cl2O12S4. The van der Waals surface area contributed by atoms with Crippen molar-refractivity contribution in [3.05, 3.63) is 34.3 Å². The monoisotopic (exact) mass is 1380 g/mol. The third-order valence-electron chi connectivity index (χ3n) is 17.3. The van der Waals surface area contributed by atoms with Crippen molar-refractivity contribution in [2.75, 3.05) is 26.4 Å². The second-order valence-corrected chi connectivity index (χ2v) is 32.8. The summed E-state index contributed by atoms with van der Waals surface area (Å²) in [5.74, 6) is 0. The molecule has 0 atom stereocenters. The minimum Gasteiger partial charge on any atom is -0.266 e. The van der Waals surface area contributed by atoms with Crippen LogP contribution in [0.4, 0.5) is 0 Å². The van der Waals surface area contributed by atoms with Crippen molar-refractivity contribution in [1.82, 2.24) is 0 Å². The van der Waals surface area contributed by atoms with Crippen LogP contribution in [0.15, 0.2) is 43.8 Å². The second-order valence-electron chi connectivity index (χ2n) is 25.6. The van der Waals surface area contributed by atoms with Gasteiger partial charge in [-0.15, -0.1) is 0 Å². The maximum absolute atomic E-state index is 14.8. The first-order chi connectivity index (χ1) is 43.5. The molecule has 0 radical (unpaired) electrons. The molecule has 0 aliphatic carbocycles. The van der Waals surface area contributed by atoms with Gasteiger partial charge in [-0.05, 0) is 49.9 Å². The third kappa shape index (κ3) is 39.6. The fourth-order valence-electron chi connectivity index (χ4n) is 11.8. The summed E-state index contributed by atoms with van der Waals surface area (Å²) in [5, 5.41) is -0.713. The van der Waals surface area contributed by atoms with Crippen molar-refractivity contribution in [3.63, 3.8) is 0 Å². The van der Waals surface area contributed by atoms with E-state index in [1.165, 1.54) is 180 Å². The fourth-order valence-corrected chi connectivity index (χ4v) is 17.4. The van der Waals surface area contributed by atoms with Gasteiger partial charge < -0.3 is 0 Å². The normalized spacial score (nSPS) is 12.5. The van der Waals surface area contributed by atoms with E-state index in [2.05, 4.69) is 27.7 Å². The summed E-state index contributed by atoms with van der Waals surface area (Å²) in [5.41, 5.74) is -1.64. The average molecular weight is 1380 g/mol. The summed E-state index contributed by atoms with van der Waals surface area (Å²) in [6.45, 7) is 7.73. The van der Waals surface area contributed by atoms with Crippen LogP contribution in [0.1, 0.15) is 362 Å². The van der Waals surface area contributed by atoms with Crippen LogP contribution in [0.5, 0.6) is 0 Å². The molecule has 0 fully saturated rings. The van der Waals surface area contributed by atoms with E-state index in [0.717, 1.165) is 127 Å². The molecule has 0 amide bonds. The Hall–Kier alpha value is -1.34. The smallest absolute Gasteiger partial charge is 0.266 e. The quantitative estimate of drug-likeness (QED) is 0.0454. The van der Waals surface area contributed by atoms with Crippen molar-refractivity contribution in [2.45, 2.75) is 381 Å².